The van der Waals surface area contributed by atoms with Crippen LogP contribution >= 0.6 is 0 Å². The van der Waals surface area contributed by atoms with E-state index in [-0.39, 0.29) is 4.79 Å². The van der Waals surface area contributed by atoms with Gasteiger partial charge in [0.25, 0.3) is 0 Å². The molecule has 0 spiro atoms. The largest absolute Gasteiger partial charge is 0.397 e. The Bertz CT molecular complexity index is 134. The topological polar surface area (TPSA) is 55.4 Å². The summed E-state index contributed by atoms with van der Waals surface area (Å²) in [5.41, 5.74) is 0. The Hall–Kier alpha value is 0.411. The summed E-state index contributed by atoms with van der Waals surface area (Å²) in [5.74, 6) is 0. The third kappa shape index (κ3) is 4.35. The first-order valence-electron chi connectivity index (χ1n) is 4.54. The lowest BCUT2D eigenvalue weighted by Gasteiger charge is -2.27. The van der Waals surface area contributed by atoms with Crippen molar-refractivity contribution < 1.29 is 26.6 Å². The van der Waals surface area contributed by atoms with Crippen molar-refractivity contribution in [3.05, 3.63) is 0 Å². The molecule has 0 fully saturated rings. The Kier molecular flexibility index (Phi) is 9.68. The third-order valence-electron chi connectivity index (χ3n) is 1.91. The van der Waals surface area contributed by atoms with Crippen molar-refractivity contribution in [1.29, 1.82) is 0 Å². The number of hydrogen-bond donors (Lipinski definition) is 0. The van der Waals surface area contributed by atoms with Crippen LogP contribution in [0.3, 0.4) is 0 Å². The van der Waals surface area contributed by atoms with Crippen molar-refractivity contribution in [2.24, 2.45) is 0 Å². The Morgan fingerprint density at radius 1 is 0.500 bits per heavy atom. The Morgan fingerprint density at radius 2 is 0.688 bits per heavy atom. The van der Waals surface area contributed by atoms with E-state index in [9.17, 15) is 0 Å². The van der Waals surface area contributed by atoms with Gasteiger partial charge in [-0.3, -0.25) is 0 Å². The lowest BCUT2D eigenvalue weighted by molar-refractivity contribution is 0.227. The zero-order valence-corrected chi connectivity index (χ0v) is 13.5. The minimum Gasteiger partial charge on any atom is -0.397 e. The van der Waals surface area contributed by atoms with Gasteiger partial charge >= 0.3 is 27.9 Å². The third-order valence-corrected chi connectivity index (χ3v) is 9.99. The Balaban J connectivity index is 4.84. The molecule has 0 heterocycles. The standard InChI is InChI=1S/C7H19O6Si3/c1-8-14(9-2)7(15(10-3)11-4)16(12-5)13-6/h7H,1-6H3. The molecule has 0 atom stereocenters. The van der Waals surface area contributed by atoms with Crippen molar-refractivity contribution in [1.82, 2.24) is 0 Å². The first-order valence-corrected chi connectivity index (χ1v) is 8.72. The predicted octanol–water partition coefficient (Wildman–Crippen LogP) is -0.222. The molecule has 6 nitrogen and oxygen atoms in total. The second-order valence-corrected chi connectivity index (χ2v) is 10.4. The van der Waals surface area contributed by atoms with Crippen molar-refractivity contribution in [3.8, 4) is 0 Å². The van der Waals surface area contributed by atoms with Crippen LogP contribution in [0, 0.1) is 0 Å². The van der Waals surface area contributed by atoms with Crippen LogP contribution in [0.1, 0.15) is 0 Å². The first-order chi connectivity index (χ1) is 7.69. The molecule has 0 amide bonds. The van der Waals surface area contributed by atoms with Gasteiger partial charge in [-0.1, -0.05) is 0 Å². The molecule has 16 heavy (non-hydrogen) atoms. The van der Waals surface area contributed by atoms with Crippen molar-refractivity contribution >= 4 is 27.9 Å². The molecule has 0 saturated heterocycles. The van der Waals surface area contributed by atoms with E-state index >= 15 is 0 Å². The maximum absolute atomic E-state index is 5.34. The van der Waals surface area contributed by atoms with Crippen LogP contribution < -0.4 is 0 Å². The number of rotatable bonds is 9. The smallest absolute Gasteiger partial charge is 0.391 e. The van der Waals surface area contributed by atoms with Gasteiger partial charge in [-0.05, 0) is 0 Å². The van der Waals surface area contributed by atoms with E-state index in [1.807, 2.05) is 0 Å². The van der Waals surface area contributed by atoms with Gasteiger partial charge in [-0.15, -0.1) is 0 Å². The fourth-order valence-corrected chi connectivity index (χ4v) is 9.71. The molecule has 0 aromatic heterocycles. The van der Waals surface area contributed by atoms with Crippen LogP contribution in [-0.4, -0.2) is 70.5 Å². The van der Waals surface area contributed by atoms with Gasteiger partial charge in [0.15, 0.2) is 0 Å². The number of hydrogen-bond acceptors (Lipinski definition) is 6. The maximum atomic E-state index is 5.34. The molecule has 0 aliphatic carbocycles. The van der Waals surface area contributed by atoms with E-state index in [0.717, 1.165) is 0 Å². The molecule has 0 aliphatic heterocycles. The molecule has 0 aromatic rings. The fraction of sp³-hybridized carbons (Fsp3) is 1.00. The van der Waals surface area contributed by atoms with Crippen LogP contribution in [-0.2, 0) is 26.6 Å². The predicted molar refractivity (Wildman–Crippen MR) is 63.1 cm³/mol. The average Bonchev–Trinajstić information content (AvgIpc) is 2.33. The van der Waals surface area contributed by atoms with Crippen molar-refractivity contribution in [2.75, 3.05) is 42.7 Å². The van der Waals surface area contributed by atoms with E-state index in [4.69, 9.17) is 26.6 Å². The Morgan fingerprint density at radius 3 is 0.812 bits per heavy atom. The maximum Gasteiger partial charge on any atom is 0.391 e. The minimum absolute atomic E-state index is 0.0556. The first kappa shape index (κ1) is 16.4. The van der Waals surface area contributed by atoms with Crippen LogP contribution in [0.2, 0.25) is 4.79 Å². The Labute approximate surface area is 102 Å². The fourth-order valence-electron chi connectivity index (χ4n) is 1.25. The van der Waals surface area contributed by atoms with Crippen LogP contribution in [0.25, 0.3) is 0 Å². The summed E-state index contributed by atoms with van der Waals surface area (Å²) in [6.45, 7) is 0. The molecule has 0 aromatic carbocycles. The van der Waals surface area contributed by atoms with E-state index in [0.29, 0.717) is 0 Å². The summed E-state index contributed by atoms with van der Waals surface area (Å²) in [5, 5.41) is 0. The zero-order valence-electron chi connectivity index (χ0n) is 10.5. The van der Waals surface area contributed by atoms with Crippen LogP contribution in [0.15, 0.2) is 0 Å². The molecule has 0 unspecified atom stereocenters. The van der Waals surface area contributed by atoms with E-state index in [1.165, 1.54) is 0 Å². The van der Waals surface area contributed by atoms with Gasteiger partial charge in [0.05, 0.1) is 4.79 Å². The second kappa shape index (κ2) is 9.44. The van der Waals surface area contributed by atoms with Crippen molar-refractivity contribution in [2.45, 2.75) is 4.79 Å². The quantitative estimate of drug-likeness (QED) is 0.545. The van der Waals surface area contributed by atoms with E-state index in [2.05, 4.69) is 0 Å². The molecule has 0 saturated carbocycles. The summed E-state index contributed by atoms with van der Waals surface area (Å²) < 4.78 is 32.0. The zero-order chi connectivity index (χ0) is 12.6. The molecule has 0 N–H and O–H groups in total. The molecule has 95 valence electrons. The summed E-state index contributed by atoms with van der Waals surface area (Å²) in [6, 6.07) is 0. The highest BCUT2D eigenvalue weighted by molar-refractivity contribution is 6.84. The normalized spacial score (nSPS) is 12.4. The summed E-state index contributed by atoms with van der Waals surface area (Å²) in [6.07, 6.45) is 0. The van der Waals surface area contributed by atoms with Crippen molar-refractivity contribution in [3.63, 3.8) is 0 Å². The molecule has 0 aliphatic rings. The van der Waals surface area contributed by atoms with E-state index < -0.39 is 27.9 Å². The lowest BCUT2D eigenvalue weighted by Crippen LogP contribution is -2.49. The minimum atomic E-state index is -1.52. The second-order valence-electron chi connectivity index (χ2n) is 2.61. The molecular weight excluding hydrogens is 264 g/mol. The highest BCUT2D eigenvalue weighted by atomic mass is 28.4. The molecule has 3 radical (unpaired) electrons. The summed E-state index contributed by atoms with van der Waals surface area (Å²) >= 11 is 0. The van der Waals surface area contributed by atoms with E-state index in [1.54, 1.807) is 42.7 Å². The van der Waals surface area contributed by atoms with Crippen LogP contribution in [0.5, 0.6) is 0 Å². The highest BCUT2D eigenvalue weighted by Gasteiger charge is 2.48. The van der Waals surface area contributed by atoms with Gasteiger partial charge < -0.3 is 26.6 Å². The van der Waals surface area contributed by atoms with Gasteiger partial charge in [0, 0.05) is 42.7 Å². The van der Waals surface area contributed by atoms with Gasteiger partial charge in [-0.2, -0.15) is 0 Å². The SMILES string of the molecule is CO[Si](OC)C([Si](OC)OC)[Si](OC)OC. The average molecular weight is 283 g/mol. The summed E-state index contributed by atoms with van der Waals surface area (Å²) in [4.78, 5) is -0.0556. The molecule has 0 rings (SSSR count). The molecule has 0 bridgehead atoms. The monoisotopic (exact) mass is 283 g/mol. The molecular formula is C7H19O6Si3. The molecule has 9 heteroatoms. The lowest BCUT2D eigenvalue weighted by atomic mass is 11.8. The van der Waals surface area contributed by atoms with Gasteiger partial charge in [-0.25, -0.2) is 0 Å². The highest BCUT2D eigenvalue weighted by Crippen LogP contribution is 2.21. The van der Waals surface area contributed by atoms with Gasteiger partial charge in [0.1, 0.15) is 0 Å². The van der Waals surface area contributed by atoms with Crippen LogP contribution in [0.4, 0.5) is 0 Å². The summed E-state index contributed by atoms with van der Waals surface area (Å²) in [7, 11) is 5.12. The van der Waals surface area contributed by atoms with Gasteiger partial charge in [0.2, 0.25) is 0 Å².